The standard InChI is InChI=1S/C17H26N2O2/c1-12-9-15(20)13(2)8-14(12)19-16(21)10-17(11-18)6-4-3-5-7-17/h8-9,20H,3-7,10-11,18H2,1-2H3,(H,19,21). The third-order valence-corrected chi connectivity index (χ3v) is 4.70. The summed E-state index contributed by atoms with van der Waals surface area (Å²) in [6.07, 6.45) is 6.17. The van der Waals surface area contributed by atoms with Gasteiger partial charge in [-0.3, -0.25) is 4.79 Å². The van der Waals surface area contributed by atoms with Crippen molar-refractivity contribution in [2.75, 3.05) is 11.9 Å². The van der Waals surface area contributed by atoms with Gasteiger partial charge in [0.25, 0.3) is 0 Å². The van der Waals surface area contributed by atoms with E-state index in [1.165, 1.54) is 19.3 Å². The first-order chi connectivity index (χ1) is 9.96. The third kappa shape index (κ3) is 3.76. The van der Waals surface area contributed by atoms with Gasteiger partial charge in [0.15, 0.2) is 0 Å². The number of carbonyl (C=O) groups excluding carboxylic acids is 1. The fraction of sp³-hybridized carbons (Fsp3) is 0.588. The number of aryl methyl sites for hydroxylation is 2. The van der Waals surface area contributed by atoms with Crippen molar-refractivity contribution in [1.29, 1.82) is 0 Å². The molecule has 0 radical (unpaired) electrons. The SMILES string of the molecule is Cc1cc(NC(=O)CC2(CN)CCCCC2)c(C)cc1O. The Balaban J connectivity index is 2.06. The van der Waals surface area contributed by atoms with Crippen molar-refractivity contribution in [3.05, 3.63) is 23.3 Å². The van der Waals surface area contributed by atoms with Crippen LogP contribution < -0.4 is 11.1 Å². The van der Waals surface area contributed by atoms with Gasteiger partial charge in [-0.25, -0.2) is 0 Å². The van der Waals surface area contributed by atoms with E-state index in [4.69, 9.17) is 5.73 Å². The van der Waals surface area contributed by atoms with E-state index in [0.29, 0.717) is 13.0 Å². The van der Waals surface area contributed by atoms with E-state index < -0.39 is 0 Å². The van der Waals surface area contributed by atoms with Crippen molar-refractivity contribution < 1.29 is 9.90 Å². The fourth-order valence-electron chi connectivity index (χ4n) is 3.23. The van der Waals surface area contributed by atoms with Crippen LogP contribution in [0.2, 0.25) is 0 Å². The number of hydrogen-bond donors (Lipinski definition) is 3. The molecule has 21 heavy (non-hydrogen) atoms. The van der Waals surface area contributed by atoms with E-state index >= 15 is 0 Å². The molecule has 1 aromatic rings. The average Bonchev–Trinajstić information content (AvgIpc) is 2.45. The molecule has 1 aliphatic carbocycles. The molecule has 4 N–H and O–H groups in total. The number of anilines is 1. The van der Waals surface area contributed by atoms with Gasteiger partial charge in [-0.2, -0.15) is 0 Å². The number of nitrogens with two attached hydrogens (primary N) is 1. The van der Waals surface area contributed by atoms with E-state index in [-0.39, 0.29) is 17.1 Å². The highest BCUT2D eigenvalue weighted by atomic mass is 16.3. The highest BCUT2D eigenvalue weighted by molar-refractivity contribution is 5.92. The van der Waals surface area contributed by atoms with Gasteiger partial charge in [0.2, 0.25) is 5.91 Å². The lowest BCUT2D eigenvalue weighted by Gasteiger charge is -2.35. The summed E-state index contributed by atoms with van der Waals surface area (Å²) in [6, 6.07) is 3.50. The molecule has 116 valence electrons. The predicted molar refractivity (Wildman–Crippen MR) is 85.4 cm³/mol. The monoisotopic (exact) mass is 290 g/mol. The maximum absolute atomic E-state index is 12.4. The minimum absolute atomic E-state index is 0.0236. The van der Waals surface area contributed by atoms with Crippen molar-refractivity contribution in [2.45, 2.75) is 52.4 Å². The minimum atomic E-state index is -0.0256. The molecule has 1 saturated carbocycles. The Morgan fingerprint density at radius 1 is 1.24 bits per heavy atom. The molecule has 1 aromatic carbocycles. The number of hydrogen-bond acceptors (Lipinski definition) is 3. The zero-order valence-corrected chi connectivity index (χ0v) is 13.0. The van der Waals surface area contributed by atoms with E-state index in [0.717, 1.165) is 29.7 Å². The van der Waals surface area contributed by atoms with Crippen LogP contribution in [0.3, 0.4) is 0 Å². The molecule has 4 heteroatoms. The Kier molecular flexibility index (Phi) is 4.88. The number of rotatable bonds is 4. The smallest absolute Gasteiger partial charge is 0.224 e. The Hall–Kier alpha value is -1.55. The van der Waals surface area contributed by atoms with Crippen LogP contribution in [0.1, 0.15) is 49.7 Å². The molecule has 0 spiro atoms. The molecular formula is C17H26N2O2. The van der Waals surface area contributed by atoms with Crippen molar-refractivity contribution in [1.82, 2.24) is 0 Å². The lowest BCUT2D eigenvalue weighted by atomic mass is 9.71. The highest BCUT2D eigenvalue weighted by Gasteiger charge is 2.33. The summed E-state index contributed by atoms with van der Waals surface area (Å²) < 4.78 is 0. The third-order valence-electron chi connectivity index (χ3n) is 4.70. The predicted octanol–water partition coefficient (Wildman–Crippen LogP) is 3.25. The Labute approximate surface area is 126 Å². The van der Waals surface area contributed by atoms with Crippen LogP contribution in [0, 0.1) is 19.3 Å². The van der Waals surface area contributed by atoms with Gasteiger partial charge >= 0.3 is 0 Å². The van der Waals surface area contributed by atoms with Crippen molar-refractivity contribution in [3.8, 4) is 5.75 Å². The van der Waals surface area contributed by atoms with Crippen molar-refractivity contribution in [2.24, 2.45) is 11.1 Å². The Bertz CT molecular complexity index is 520. The summed E-state index contributed by atoms with van der Waals surface area (Å²) in [7, 11) is 0. The molecule has 0 atom stereocenters. The Morgan fingerprint density at radius 2 is 1.90 bits per heavy atom. The molecule has 0 saturated heterocycles. The first kappa shape index (κ1) is 15.8. The quantitative estimate of drug-likeness (QED) is 0.745. The van der Waals surface area contributed by atoms with Crippen LogP contribution in [0.4, 0.5) is 5.69 Å². The van der Waals surface area contributed by atoms with Crippen LogP contribution >= 0.6 is 0 Å². The summed E-state index contributed by atoms with van der Waals surface area (Å²) in [6.45, 7) is 4.29. The Morgan fingerprint density at radius 3 is 2.52 bits per heavy atom. The first-order valence-corrected chi connectivity index (χ1v) is 7.76. The van der Waals surface area contributed by atoms with Gasteiger partial charge in [-0.15, -0.1) is 0 Å². The van der Waals surface area contributed by atoms with Gasteiger partial charge in [-0.05, 0) is 61.9 Å². The normalized spacial score (nSPS) is 17.5. The zero-order chi connectivity index (χ0) is 15.5. The number of carbonyl (C=O) groups is 1. The number of aromatic hydroxyl groups is 1. The minimum Gasteiger partial charge on any atom is -0.508 e. The number of phenols is 1. The van der Waals surface area contributed by atoms with Gasteiger partial charge in [0, 0.05) is 12.1 Å². The summed E-state index contributed by atoms with van der Waals surface area (Å²) in [4.78, 5) is 12.4. The number of phenolic OH excluding ortho intramolecular Hbond substituents is 1. The lowest BCUT2D eigenvalue weighted by Crippen LogP contribution is -2.36. The maximum Gasteiger partial charge on any atom is 0.224 e. The average molecular weight is 290 g/mol. The van der Waals surface area contributed by atoms with Crippen LogP contribution in [-0.2, 0) is 4.79 Å². The molecule has 4 nitrogen and oxygen atoms in total. The summed E-state index contributed by atoms with van der Waals surface area (Å²) >= 11 is 0. The number of nitrogens with one attached hydrogen (secondary N) is 1. The van der Waals surface area contributed by atoms with Gasteiger partial charge in [0.1, 0.15) is 5.75 Å². The maximum atomic E-state index is 12.4. The van der Waals surface area contributed by atoms with Crippen LogP contribution in [0.25, 0.3) is 0 Å². The topological polar surface area (TPSA) is 75.4 Å². The van der Waals surface area contributed by atoms with Crippen molar-refractivity contribution >= 4 is 11.6 Å². The van der Waals surface area contributed by atoms with Crippen LogP contribution in [0.5, 0.6) is 5.75 Å². The molecular weight excluding hydrogens is 264 g/mol. The van der Waals surface area contributed by atoms with Crippen LogP contribution in [-0.4, -0.2) is 17.6 Å². The van der Waals surface area contributed by atoms with E-state index in [9.17, 15) is 9.90 Å². The van der Waals surface area contributed by atoms with Gasteiger partial charge < -0.3 is 16.2 Å². The summed E-state index contributed by atoms with van der Waals surface area (Å²) in [5.74, 6) is 0.284. The first-order valence-electron chi connectivity index (χ1n) is 7.76. The van der Waals surface area contributed by atoms with Crippen molar-refractivity contribution in [3.63, 3.8) is 0 Å². The molecule has 2 rings (SSSR count). The largest absolute Gasteiger partial charge is 0.508 e. The van der Waals surface area contributed by atoms with Gasteiger partial charge in [0.05, 0.1) is 0 Å². The molecule has 0 aliphatic heterocycles. The second-order valence-corrected chi connectivity index (χ2v) is 6.44. The van der Waals surface area contributed by atoms with E-state index in [1.54, 1.807) is 6.07 Å². The van der Waals surface area contributed by atoms with Crippen LogP contribution in [0.15, 0.2) is 12.1 Å². The van der Waals surface area contributed by atoms with Gasteiger partial charge in [-0.1, -0.05) is 19.3 Å². The van der Waals surface area contributed by atoms with E-state index in [1.807, 2.05) is 19.9 Å². The summed E-state index contributed by atoms with van der Waals surface area (Å²) in [5.41, 5.74) is 8.33. The van der Waals surface area contributed by atoms with E-state index in [2.05, 4.69) is 5.32 Å². The second-order valence-electron chi connectivity index (χ2n) is 6.44. The molecule has 0 heterocycles. The molecule has 1 aliphatic rings. The molecule has 0 aromatic heterocycles. The summed E-state index contributed by atoms with van der Waals surface area (Å²) in [5, 5.41) is 12.6. The number of amides is 1. The second kappa shape index (κ2) is 6.48. The number of benzene rings is 1. The molecule has 0 bridgehead atoms. The highest BCUT2D eigenvalue weighted by Crippen LogP contribution is 2.38. The lowest BCUT2D eigenvalue weighted by molar-refractivity contribution is -0.118. The fourth-order valence-corrected chi connectivity index (χ4v) is 3.23. The molecule has 1 amide bonds. The molecule has 1 fully saturated rings. The zero-order valence-electron chi connectivity index (χ0n) is 13.0. The molecule has 0 unspecified atom stereocenters.